The first kappa shape index (κ1) is 17.9. The van der Waals surface area contributed by atoms with Crippen LogP contribution in [0.5, 0.6) is 0 Å². The summed E-state index contributed by atoms with van der Waals surface area (Å²) in [6.07, 6.45) is 3.25. The van der Waals surface area contributed by atoms with Gasteiger partial charge in [0, 0.05) is 23.9 Å². The first-order chi connectivity index (χ1) is 11.4. The molecular formula is C18H22FN3O2. The fraction of sp³-hybridized carbons (Fsp3) is 0.333. The molecule has 2 rings (SSSR count). The van der Waals surface area contributed by atoms with Gasteiger partial charge in [-0.3, -0.25) is 4.79 Å². The largest absolute Gasteiger partial charge is 0.393 e. The Balaban J connectivity index is 2.12. The topological polar surface area (TPSA) is 67.2 Å². The lowest BCUT2D eigenvalue weighted by molar-refractivity contribution is -0.116. The lowest BCUT2D eigenvalue weighted by atomic mass is 10.2. The van der Waals surface area contributed by atoms with Gasteiger partial charge in [-0.05, 0) is 57.5 Å². The molecule has 1 amide bonds. The second kappa shape index (κ2) is 7.88. The lowest BCUT2D eigenvalue weighted by Gasteiger charge is -2.05. The van der Waals surface area contributed by atoms with Crippen LogP contribution in [0.25, 0.3) is 11.8 Å². The Morgan fingerprint density at radius 3 is 2.67 bits per heavy atom. The first-order valence-electron chi connectivity index (χ1n) is 7.84. The van der Waals surface area contributed by atoms with E-state index in [1.165, 1.54) is 18.2 Å². The molecule has 0 aliphatic rings. The van der Waals surface area contributed by atoms with Gasteiger partial charge in [0.15, 0.2) is 0 Å². The number of rotatable bonds is 6. The van der Waals surface area contributed by atoms with Gasteiger partial charge in [-0.2, -0.15) is 5.10 Å². The molecule has 2 aromatic rings. The van der Waals surface area contributed by atoms with E-state index in [-0.39, 0.29) is 11.7 Å². The molecule has 2 N–H and O–H groups in total. The SMILES string of the molecule is Cc1nn(-c2ccc(F)cc2)c(C)c1C=CC(=O)NCCC(C)O. The standard InChI is InChI=1S/C18H22FN3O2/c1-12(23)10-11-20-18(24)9-8-17-13(2)21-22(14(17)3)16-6-4-15(19)5-7-16/h4-9,12,23H,10-11H2,1-3H3,(H,20,24). The highest BCUT2D eigenvalue weighted by molar-refractivity contribution is 5.92. The van der Waals surface area contributed by atoms with Crippen molar-refractivity contribution in [1.29, 1.82) is 0 Å². The fourth-order valence-corrected chi connectivity index (χ4v) is 2.35. The Bertz CT molecular complexity index is 733. The van der Waals surface area contributed by atoms with Gasteiger partial charge < -0.3 is 10.4 Å². The molecule has 0 aliphatic heterocycles. The van der Waals surface area contributed by atoms with Gasteiger partial charge in [0.25, 0.3) is 0 Å². The number of hydrogen-bond donors (Lipinski definition) is 2. The molecule has 6 heteroatoms. The fourth-order valence-electron chi connectivity index (χ4n) is 2.35. The molecular weight excluding hydrogens is 309 g/mol. The number of nitrogens with one attached hydrogen (secondary N) is 1. The van der Waals surface area contributed by atoms with Crippen LogP contribution in [0.15, 0.2) is 30.3 Å². The van der Waals surface area contributed by atoms with Crippen molar-refractivity contribution in [3.8, 4) is 5.69 Å². The molecule has 0 fully saturated rings. The van der Waals surface area contributed by atoms with Crippen molar-refractivity contribution in [2.45, 2.75) is 33.3 Å². The summed E-state index contributed by atoms with van der Waals surface area (Å²) in [5.41, 5.74) is 3.26. The van der Waals surface area contributed by atoms with E-state index in [0.717, 1.165) is 22.6 Å². The highest BCUT2D eigenvalue weighted by Crippen LogP contribution is 2.19. The Morgan fingerprint density at radius 1 is 1.38 bits per heavy atom. The number of aryl methyl sites for hydroxylation is 1. The van der Waals surface area contributed by atoms with Gasteiger partial charge in [0.05, 0.1) is 17.5 Å². The summed E-state index contributed by atoms with van der Waals surface area (Å²) in [5, 5.41) is 16.3. The van der Waals surface area contributed by atoms with Crippen LogP contribution >= 0.6 is 0 Å². The van der Waals surface area contributed by atoms with Gasteiger partial charge in [-0.15, -0.1) is 0 Å². The van der Waals surface area contributed by atoms with Crippen molar-refractivity contribution < 1.29 is 14.3 Å². The monoisotopic (exact) mass is 331 g/mol. The average Bonchev–Trinajstić information content (AvgIpc) is 2.80. The molecule has 0 aliphatic carbocycles. The summed E-state index contributed by atoms with van der Waals surface area (Å²) in [6, 6.07) is 6.09. The van der Waals surface area contributed by atoms with E-state index in [2.05, 4.69) is 10.4 Å². The maximum atomic E-state index is 13.0. The molecule has 1 atom stereocenters. The van der Waals surface area contributed by atoms with E-state index in [1.807, 2.05) is 13.8 Å². The molecule has 5 nitrogen and oxygen atoms in total. The molecule has 0 saturated carbocycles. The number of halogens is 1. The maximum Gasteiger partial charge on any atom is 0.244 e. The average molecular weight is 331 g/mol. The zero-order valence-electron chi connectivity index (χ0n) is 14.1. The minimum Gasteiger partial charge on any atom is -0.393 e. The molecule has 0 saturated heterocycles. The zero-order chi connectivity index (χ0) is 17.7. The molecule has 128 valence electrons. The van der Waals surface area contributed by atoms with Gasteiger partial charge in [-0.25, -0.2) is 9.07 Å². The predicted molar refractivity (Wildman–Crippen MR) is 91.3 cm³/mol. The molecule has 1 unspecified atom stereocenters. The van der Waals surface area contributed by atoms with E-state index in [9.17, 15) is 14.3 Å². The minimum absolute atomic E-state index is 0.219. The molecule has 1 aromatic heterocycles. The Kier molecular flexibility index (Phi) is 5.87. The van der Waals surface area contributed by atoms with E-state index < -0.39 is 6.10 Å². The number of aliphatic hydroxyl groups is 1. The van der Waals surface area contributed by atoms with E-state index in [1.54, 1.807) is 29.8 Å². The summed E-state index contributed by atoms with van der Waals surface area (Å²) in [7, 11) is 0. The van der Waals surface area contributed by atoms with Crippen molar-refractivity contribution in [1.82, 2.24) is 15.1 Å². The number of nitrogens with zero attached hydrogens (tertiary/aromatic N) is 2. The molecule has 24 heavy (non-hydrogen) atoms. The predicted octanol–water partition coefficient (Wildman–Crippen LogP) is 2.53. The first-order valence-corrected chi connectivity index (χ1v) is 7.84. The van der Waals surface area contributed by atoms with Gasteiger partial charge >= 0.3 is 0 Å². The van der Waals surface area contributed by atoms with Crippen LogP contribution in [-0.2, 0) is 4.79 Å². The van der Waals surface area contributed by atoms with Crippen LogP contribution in [0.4, 0.5) is 4.39 Å². The summed E-state index contributed by atoms with van der Waals surface area (Å²) < 4.78 is 14.8. The van der Waals surface area contributed by atoms with Crippen molar-refractivity contribution in [3.05, 3.63) is 53.1 Å². The van der Waals surface area contributed by atoms with Gasteiger partial charge in [-0.1, -0.05) is 0 Å². The maximum absolute atomic E-state index is 13.0. The molecule has 0 bridgehead atoms. The molecule has 1 aromatic carbocycles. The Labute approximate surface area is 140 Å². The van der Waals surface area contributed by atoms with E-state index in [0.29, 0.717) is 13.0 Å². The molecule has 0 radical (unpaired) electrons. The summed E-state index contributed by atoms with van der Waals surface area (Å²) in [4.78, 5) is 11.8. The number of amides is 1. The van der Waals surface area contributed by atoms with Crippen LogP contribution in [0, 0.1) is 19.7 Å². The summed E-state index contributed by atoms with van der Waals surface area (Å²) in [6.45, 7) is 5.86. The van der Waals surface area contributed by atoms with Crippen molar-refractivity contribution in [3.63, 3.8) is 0 Å². The van der Waals surface area contributed by atoms with Crippen LogP contribution < -0.4 is 5.32 Å². The number of aliphatic hydroxyl groups excluding tert-OH is 1. The normalized spacial score (nSPS) is 12.5. The Morgan fingerprint density at radius 2 is 2.04 bits per heavy atom. The third-order valence-corrected chi connectivity index (χ3v) is 3.68. The number of hydrogen-bond acceptors (Lipinski definition) is 3. The van der Waals surface area contributed by atoms with Gasteiger partial charge in [0.2, 0.25) is 5.91 Å². The second-order valence-electron chi connectivity index (χ2n) is 5.73. The van der Waals surface area contributed by atoms with Crippen LogP contribution in [0.1, 0.15) is 30.3 Å². The van der Waals surface area contributed by atoms with E-state index in [4.69, 9.17) is 0 Å². The smallest absolute Gasteiger partial charge is 0.244 e. The quantitative estimate of drug-likeness (QED) is 0.799. The number of carbonyl (C=O) groups is 1. The van der Waals surface area contributed by atoms with Crippen molar-refractivity contribution in [2.75, 3.05) is 6.54 Å². The summed E-state index contributed by atoms with van der Waals surface area (Å²) >= 11 is 0. The highest BCUT2D eigenvalue weighted by Gasteiger charge is 2.11. The Hall–Kier alpha value is -2.47. The van der Waals surface area contributed by atoms with Crippen LogP contribution in [0.2, 0.25) is 0 Å². The van der Waals surface area contributed by atoms with Crippen LogP contribution in [-0.4, -0.2) is 33.4 Å². The van der Waals surface area contributed by atoms with Gasteiger partial charge in [0.1, 0.15) is 5.82 Å². The third kappa shape index (κ3) is 4.52. The minimum atomic E-state index is -0.437. The number of carbonyl (C=O) groups excluding carboxylic acids is 1. The van der Waals surface area contributed by atoms with Crippen LogP contribution in [0.3, 0.4) is 0 Å². The summed E-state index contributed by atoms with van der Waals surface area (Å²) in [5.74, 6) is -0.516. The van der Waals surface area contributed by atoms with E-state index >= 15 is 0 Å². The van der Waals surface area contributed by atoms with Crippen molar-refractivity contribution in [2.24, 2.45) is 0 Å². The lowest BCUT2D eigenvalue weighted by Crippen LogP contribution is -2.24. The second-order valence-corrected chi connectivity index (χ2v) is 5.73. The number of aromatic nitrogens is 2. The number of benzene rings is 1. The molecule has 0 spiro atoms. The highest BCUT2D eigenvalue weighted by atomic mass is 19.1. The third-order valence-electron chi connectivity index (χ3n) is 3.68. The van der Waals surface area contributed by atoms with Crippen molar-refractivity contribution >= 4 is 12.0 Å². The molecule has 1 heterocycles. The zero-order valence-corrected chi connectivity index (χ0v) is 14.1.